The molecule has 16 nitrogen and oxygen atoms in total. The van der Waals surface area contributed by atoms with Crippen LogP contribution in [0.1, 0.15) is 0 Å². The van der Waals surface area contributed by atoms with E-state index in [4.69, 9.17) is 68.0 Å². The zero-order chi connectivity index (χ0) is 59.3. The van der Waals surface area contributed by atoms with Crippen LogP contribution in [-0.2, 0) is 58.5 Å². The van der Waals surface area contributed by atoms with Crippen molar-refractivity contribution in [2.45, 2.75) is 0 Å². The minimum Gasteiger partial charge on any atom is -0.497 e. The average molecular weight is 1300 g/mol. The van der Waals surface area contributed by atoms with Crippen LogP contribution in [0.4, 0.5) is 0 Å². The second-order valence-corrected chi connectivity index (χ2v) is 43.7. The Morgan fingerprint density at radius 2 is 0.364 bits per heavy atom. The third-order valence-electron chi connectivity index (χ3n) is 15.5. The van der Waals surface area contributed by atoms with Gasteiger partial charge in [-0.3, -0.25) is 0 Å². The molecule has 26 heteroatoms. The standard InChI is InChI=1S/C62H54B2O16Si8/c1-65-53-47-43-51(44-48-53)63-67-81(55-27-11-3-12-28-55)71-85(59-35-19-7-20-36-59)75-83(57-31-15-5-16-32-57)69-64(52-45-49-54(66-2)50-46-52)70-84(58-33-17-6-18-34-58)77-87(79-85,61-39-23-9-24-40-61)73-82(68-63,56-29-13-4-14-30-56)74-88(78-84,62-41-25-10-26-42-62)80-86(72-81,76-83)60-37-21-8-22-38-60/h3-50H,1-2H3. The molecule has 8 bridgehead atoms. The second-order valence-electron chi connectivity index (χ2n) is 21.1. The number of rotatable bonds is 12. The molecule has 10 aromatic rings. The molecular formula is C62H54B2O16Si8. The third kappa shape index (κ3) is 10.2. The van der Waals surface area contributed by atoms with Crippen LogP contribution >= 0.6 is 0 Å². The number of hydrogen-bond donors (Lipinski definition) is 0. The molecule has 0 aromatic heterocycles. The van der Waals surface area contributed by atoms with Crippen molar-refractivity contribution in [1.82, 2.24) is 0 Å². The first-order chi connectivity index (χ1) is 43.1. The molecule has 0 saturated carbocycles. The van der Waals surface area contributed by atoms with Crippen LogP contribution in [0.3, 0.4) is 0 Å². The van der Waals surface area contributed by atoms with Gasteiger partial charge >= 0.3 is 84.7 Å². The topological polar surface area (TPSA) is 148 Å². The summed E-state index contributed by atoms with van der Waals surface area (Å²) in [5.74, 6) is 1.17. The number of hydrogen-bond acceptors (Lipinski definition) is 16. The van der Waals surface area contributed by atoms with E-state index in [0.29, 0.717) is 63.9 Å². The first-order valence-corrected chi connectivity index (χ1v) is 42.4. The fraction of sp³-hybridized carbons (Fsp3) is 0.0323. The van der Waals surface area contributed by atoms with Gasteiger partial charge in [-0.25, -0.2) is 0 Å². The minimum atomic E-state index is -5.28. The fourth-order valence-corrected chi connectivity index (χ4v) is 52.5. The Labute approximate surface area is 518 Å². The molecule has 0 N–H and O–H groups in total. The Hall–Kier alpha value is -6.90. The molecule has 10 aromatic carbocycles. The molecule has 436 valence electrons. The van der Waals surface area contributed by atoms with Crippen molar-refractivity contribution in [3.63, 3.8) is 0 Å². The molecule has 0 spiro atoms. The number of ether oxygens (including phenoxy) is 2. The Morgan fingerprint density at radius 3 is 0.534 bits per heavy atom. The van der Waals surface area contributed by atoms with Gasteiger partial charge in [0.25, 0.3) is 0 Å². The summed E-state index contributed by atoms with van der Waals surface area (Å²) in [6.07, 6.45) is 0. The van der Waals surface area contributed by atoms with Crippen molar-refractivity contribution >= 4 is 137 Å². The van der Waals surface area contributed by atoms with Gasteiger partial charge in [0.1, 0.15) is 11.5 Å². The van der Waals surface area contributed by atoms with Crippen LogP contribution in [0.15, 0.2) is 291 Å². The van der Waals surface area contributed by atoms with Gasteiger partial charge in [0, 0.05) is 41.5 Å². The maximum Gasteiger partial charge on any atom is 0.515 e. The molecule has 0 atom stereocenters. The van der Waals surface area contributed by atoms with Crippen molar-refractivity contribution in [1.29, 1.82) is 0 Å². The summed E-state index contributed by atoms with van der Waals surface area (Å²) in [6.45, 7) is 0. The number of methoxy groups -OCH3 is 2. The lowest BCUT2D eigenvalue weighted by molar-refractivity contribution is 0.0310. The first kappa shape index (κ1) is 57.5. The molecule has 0 unspecified atom stereocenters. The van der Waals surface area contributed by atoms with E-state index in [-0.39, 0.29) is 0 Å². The molecule has 6 saturated heterocycles. The summed E-state index contributed by atoms with van der Waals surface area (Å²) in [6, 6.07) is 91.0. The Morgan fingerprint density at radius 1 is 0.205 bits per heavy atom. The van der Waals surface area contributed by atoms with Crippen LogP contribution in [0.2, 0.25) is 0 Å². The van der Waals surface area contributed by atoms with Crippen LogP contribution in [0.5, 0.6) is 11.5 Å². The largest absolute Gasteiger partial charge is 0.515 e. The lowest BCUT2D eigenvalue weighted by Crippen LogP contribution is -2.92. The third-order valence-corrected chi connectivity index (χ3v) is 47.5. The van der Waals surface area contributed by atoms with Gasteiger partial charge in [-0.1, -0.05) is 267 Å². The molecule has 6 aliphatic heterocycles. The van der Waals surface area contributed by atoms with E-state index in [2.05, 4.69) is 0 Å². The van der Waals surface area contributed by atoms with Gasteiger partial charge in [0.2, 0.25) is 0 Å². The van der Waals surface area contributed by atoms with Gasteiger partial charge in [-0.15, -0.1) is 0 Å². The van der Waals surface area contributed by atoms with Gasteiger partial charge in [0.05, 0.1) is 14.2 Å². The minimum absolute atomic E-state index is 0.442. The Kier molecular flexibility index (Phi) is 15.1. The highest BCUT2D eigenvalue weighted by atomic mass is 28.6. The molecule has 6 aliphatic rings. The van der Waals surface area contributed by atoms with Crippen molar-refractivity contribution in [3.05, 3.63) is 291 Å². The van der Waals surface area contributed by atoms with Crippen LogP contribution in [0, 0.1) is 0 Å². The van der Waals surface area contributed by atoms with E-state index >= 15 is 0 Å². The maximum atomic E-state index is 8.52. The van der Waals surface area contributed by atoms with Crippen LogP contribution < -0.4 is 61.9 Å². The number of fused-ring (bicyclic) bond motifs is 4. The van der Waals surface area contributed by atoms with Crippen molar-refractivity contribution in [3.8, 4) is 11.5 Å². The highest BCUT2D eigenvalue weighted by molar-refractivity contribution is 7.12. The molecule has 0 amide bonds. The maximum absolute atomic E-state index is 8.52. The van der Waals surface area contributed by atoms with Gasteiger partial charge in [-0.05, 0) is 35.2 Å². The molecule has 6 heterocycles. The molecule has 0 radical (unpaired) electrons. The summed E-state index contributed by atoms with van der Waals surface area (Å²) < 4.78 is 129. The molecule has 0 aliphatic carbocycles. The SMILES string of the molecule is COc1ccc(B2O[Si]3(c4ccccc4)O[Si]4(c5ccccc5)O[Si]5(c6ccccc6)OB(c6ccc(OC)cc6)O[Si]6(c7ccccc7)O[Si](c7ccccc7)(O[Si](c7ccccc7)(O2)O[Si](c2ccccc2)(O6)O[Si](c2ccccc2)(O3)O5)O4)cc1. The average Bonchev–Trinajstić information content (AvgIpc) is 0.733. The quantitative estimate of drug-likeness (QED) is 0.163. The van der Waals surface area contributed by atoms with Gasteiger partial charge < -0.3 is 68.0 Å². The van der Waals surface area contributed by atoms with Crippen LogP contribution in [0.25, 0.3) is 0 Å². The summed E-state index contributed by atoms with van der Waals surface area (Å²) in [5, 5.41) is 3.66. The second kappa shape index (κ2) is 23.2. The van der Waals surface area contributed by atoms with E-state index in [1.807, 2.05) is 291 Å². The lowest BCUT2D eigenvalue weighted by Gasteiger charge is -2.59. The normalized spacial score (nSPS) is 29.2. The zero-order valence-corrected chi connectivity index (χ0v) is 55.4. The van der Waals surface area contributed by atoms with Crippen molar-refractivity contribution < 1.29 is 68.0 Å². The van der Waals surface area contributed by atoms with E-state index < -0.39 is 84.7 Å². The van der Waals surface area contributed by atoms with E-state index in [9.17, 15) is 0 Å². The first-order valence-electron chi connectivity index (χ1n) is 28.6. The molecular weight excluding hydrogens is 1250 g/mol. The summed E-state index contributed by atoms with van der Waals surface area (Å²) >= 11 is 0. The summed E-state index contributed by atoms with van der Waals surface area (Å²) in [4.78, 5) is 0. The predicted octanol–water partition coefficient (Wildman–Crippen LogP) is 3.86. The number of benzene rings is 10. The van der Waals surface area contributed by atoms with E-state index in [1.54, 1.807) is 14.2 Å². The fourth-order valence-electron chi connectivity index (χ4n) is 11.3. The van der Waals surface area contributed by atoms with Crippen molar-refractivity contribution in [2.75, 3.05) is 14.2 Å². The van der Waals surface area contributed by atoms with Crippen molar-refractivity contribution in [2.24, 2.45) is 0 Å². The van der Waals surface area contributed by atoms with Gasteiger partial charge in [0.15, 0.2) is 0 Å². The van der Waals surface area contributed by atoms with Gasteiger partial charge in [-0.2, -0.15) is 0 Å². The van der Waals surface area contributed by atoms with E-state index in [1.165, 1.54) is 0 Å². The highest BCUT2D eigenvalue weighted by Crippen LogP contribution is 2.45. The Bertz CT molecular complexity index is 3530. The summed E-state index contributed by atoms with van der Waals surface area (Å²) in [5.41, 5.74) is 1.02. The van der Waals surface area contributed by atoms with Crippen LogP contribution in [-0.4, -0.2) is 98.9 Å². The highest BCUT2D eigenvalue weighted by Gasteiger charge is 2.82. The summed E-state index contributed by atoms with van der Waals surface area (Å²) in [7, 11) is -41.4. The molecule has 16 rings (SSSR count). The monoisotopic (exact) mass is 1300 g/mol. The lowest BCUT2D eigenvalue weighted by atomic mass is 9.80. The smallest absolute Gasteiger partial charge is 0.497 e. The van der Waals surface area contributed by atoms with E-state index in [0.717, 1.165) is 0 Å². The predicted molar refractivity (Wildman–Crippen MR) is 347 cm³/mol. The Balaban J connectivity index is 1.20. The zero-order valence-electron chi connectivity index (χ0n) is 47.4. The molecule has 6 fully saturated rings. The molecule has 88 heavy (non-hydrogen) atoms.